The molecule has 0 radical (unpaired) electrons. The fourth-order valence-electron chi connectivity index (χ4n) is 1.62. The third-order valence-electron chi connectivity index (χ3n) is 2.53. The van der Waals surface area contributed by atoms with Gasteiger partial charge in [-0.05, 0) is 37.8 Å². The first kappa shape index (κ1) is 8.06. The molecular formula is C9H19N. The Balaban J connectivity index is 2.28. The second-order valence-electron chi connectivity index (χ2n) is 3.70. The maximum atomic E-state index is 3.48. The molecule has 1 heterocycles. The molecule has 0 spiro atoms. The summed E-state index contributed by atoms with van der Waals surface area (Å²) < 4.78 is 0. The van der Waals surface area contributed by atoms with Gasteiger partial charge in [-0.2, -0.15) is 0 Å². The van der Waals surface area contributed by atoms with Crippen molar-refractivity contribution in [2.45, 2.75) is 33.1 Å². The molecule has 0 aromatic heterocycles. The second-order valence-corrected chi connectivity index (χ2v) is 3.70. The summed E-state index contributed by atoms with van der Waals surface area (Å²) in [7, 11) is 0. The van der Waals surface area contributed by atoms with Crippen molar-refractivity contribution in [3.63, 3.8) is 0 Å². The monoisotopic (exact) mass is 141 g/mol. The Hall–Kier alpha value is -0.0400. The fraction of sp³-hybridized carbons (Fsp3) is 1.00. The summed E-state index contributed by atoms with van der Waals surface area (Å²) in [4.78, 5) is 0. The van der Waals surface area contributed by atoms with Gasteiger partial charge in [-0.3, -0.25) is 0 Å². The van der Waals surface area contributed by atoms with Gasteiger partial charge in [0.25, 0.3) is 0 Å². The van der Waals surface area contributed by atoms with Gasteiger partial charge >= 0.3 is 0 Å². The molecular weight excluding hydrogens is 122 g/mol. The lowest BCUT2D eigenvalue weighted by Crippen LogP contribution is -2.23. The topological polar surface area (TPSA) is 12.0 Å². The molecule has 1 saturated heterocycles. The van der Waals surface area contributed by atoms with Crippen LogP contribution in [0.25, 0.3) is 0 Å². The standard InChI is InChI=1S/C9H19N/c1-8(2)9-5-3-4-6-10-7-9/h8-10H,3-7H2,1-2H3/t9-/m0/s1. The van der Waals surface area contributed by atoms with Crippen molar-refractivity contribution >= 4 is 0 Å². The van der Waals surface area contributed by atoms with Crippen LogP contribution in [-0.4, -0.2) is 13.1 Å². The van der Waals surface area contributed by atoms with Gasteiger partial charge in [-0.1, -0.05) is 20.3 Å². The van der Waals surface area contributed by atoms with E-state index in [1.165, 1.54) is 32.4 Å². The van der Waals surface area contributed by atoms with E-state index in [4.69, 9.17) is 0 Å². The number of hydrogen-bond donors (Lipinski definition) is 1. The van der Waals surface area contributed by atoms with Crippen LogP contribution in [0.3, 0.4) is 0 Å². The van der Waals surface area contributed by atoms with E-state index in [-0.39, 0.29) is 0 Å². The molecule has 1 N–H and O–H groups in total. The molecule has 0 aromatic rings. The molecule has 0 bridgehead atoms. The first-order chi connectivity index (χ1) is 4.80. The molecule has 1 aliphatic rings. The highest BCUT2D eigenvalue weighted by Gasteiger charge is 2.14. The molecule has 10 heavy (non-hydrogen) atoms. The molecule has 1 heteroatoms. The van der Waals surface area contributed by atoms with Gasteiger partial charge in [-0.15, -0.1) is 0 Å². The SMILES string of the molecule is CC(C)[C@H]1CCCCNC1. The van der Waals surface area contributed by atoms with E-state index in [0.29, 0.717) is 0 Å². The highest BCUT2D eigenvalue weighted by Crippen LogP contribution is 2.18. The zero-order chi connectivity index (χ0) is 7.40. The number of nitrogens with one attached hydrogen (secondary N) is 1. The number of rotatable bonds is 1. The lowest BCUT2D eigenvalue weighted by Gasteiger charge is -2.17. The molecule has 1 rings (SSSR count). The molecule has 1 aliphatic heterocycles. The third kappa shape index (κ3) is 2.30. The van der Waals surface area contributed by atoms with E-state index in [0.717, 1.165) is 11.8 Å². The van der Waals surface area contributed by atoms with Gasteiger partial charge < -0.3 is 5.32 Å². The van der Waals surface area contributed by atoms with E-state index in [9.17, 15) is 0 Å². The molecule has 0 aromatic carbocycles. The summed E-state index contributed by atoms with van der Waals surface area (Å²) in [5.74, 6) is 1.80. The van der Waals surface area contributed by atoms with Gasteiger partial charge in [0.15, 0.2) is 0 Å². The first-order valence-electron chi connectivity index (χ1n) is 4.51. The molecule has 1 fully saturated rings. The minimum atomic E-state index is 0.866. The van der Waals surface area contributed by atoms with Crippen LogP contribution in [-0.2, 0) is 0 Å². The predicted octanol–water partition coefficient (Wildman–Crippen LogP) is 2.03. The molecule has 0 unspecified atom stereocenters. The van der Waals surface area contributed by atoms with E-state index in [2.05, 4.69) is 19.2 Å². The molecule has 0 aliphatic carbocycles. The quantitative estimate of drug-likeness (QED) is 0.589. The van der Waals surface area contributed by atoms with Crippen LogP contribution in [0.4, 0.5) is 0 Å². The minimum absolute atomic E-state index is 0.866. The summed E-state index contributed by atoms with van der Waals surface area (Å²) in [6.07, 6.45) is 4.24. The molecule has 1 nitrogen and oxygen atoms in total. The van der Waals surface area contributed by atoms with Crippen molar-refractivity contribution in [1.29, 1.82) is 0 Å². The van der Waals surface area contributed by atoms with E-state index >= 15 is 0 Å². The zero-order valence-corrected chi connectivity index (χ0v) is 7.19. The van der Waals surface area contributed by atoms with Crippen molar-refractivity contribution in [3.8, 4) is 0 Å². The van der Waals surface area contributed by atoms with Gasteiger partial charge in [0.05, 0.1) is 0 Å². The average molecular weight is 141 g/mol. The van der Waals surface area contributed by atoms with Gasteiger partial charge in [0, 0.05) is 0 Å². The normalized spacial score (nSPS) is 28.5. The Bertz CT molecular complexity index is 80.7. The highest BCUT2D eigenvalue weighted by molar-refractivity contribution is 4.69. The fourth-order valence-corrected chi connectivity index (χ4v) is 1.62. The van der Waals surface area contributed by atoms with E-state index < -0.39 is 0 Å². The summed E-state index contributed by atoms with van der Waals surface area (Å²) in [6, 6.07) is 0. The van der Waals surface area contributed by atoms with Crippen LogP contribution < -0.4 is 5.32 Å². The highest BCUT2D eigenvalue weighted by atomic mass is 14.9. The number of hydrogen-bond acceptors (Lipinski definition) is 1. The van der Waals surface area contributed by atoms with Crippen molar-refractivity contribution in [1.82, 2.24) is 5.32 Å². The van der Waals surface area contributed by atoms with Gasteiger partial charge in [0.1, 0.15) is 0 Å². The summed E-state index contributed by atoms with van der Waals surface area (Å²) >= 11 is 0. The Morgan fingerprint density at radius 1 is 1.30 bits per heavy atom. The Morgan fingerprint density at radius 3 is 2.80 bits per heavy atom. The van der Waals surface area contributed by atoms with Crippen molar-refractivity contribution in [2.75, 3.05) is 13.1 Å². The first-order valence-corrected chi connectivity index (χ1v) is 4.51. The maximum Gasteiger partial charge on any atom is -0.00181 e. The Kier molecular flexibility index (Phi) is 3.20. The largest absolute Gasteiger partial charge is 0.316 e. The van der Waals surface area contributed by atoms with Crippen molar-refractivity contribution < 1.29 is 0 Å². The molecule has 0 saturated carbocycles. The van der Waals surface area contributed by atoms with Crippen LogP contribution in [0, 0.1) is 11.8 Å². The molecule has 1 atom stereocenters. The summed E-state index contributed by atoms with van der Waals surface area (Å²) in [5, 5.41) is 3.48. The summed E-state index contributed by atoms with van der Waals surface area (Å²) in [5.41, 5.74) is 0. The van der Waals surface area contributed by atoms with E-state index in [1.807, 2.05) is 0 Å². The average Bonchev–Trinajstić information content (AvgIpc) is 2.12. The van der Waals surface area contributed by atoms with Crippen LogP contribution in [0.5, 0.6) is 0 Å². The second kappa shape index (κ2) is 3.97. The third-order valence-corrected chi connectivity index (χ3v) is 2.53. The minimum Gasteiger partial charge on any atom is -0.316 e. The van der Waals surface area contributed by atoms with Gasteiger partial charge in [0.2, 0.25) is 0 Å². The lowest BCUT2D eigenvalue weighted by molar-refractivity contribution is 0.359. The molecule has 0 amide bonds. The van der Waals surface area contributed by atoms with Crippen LogP contribution in [0.1, 0.15) is 33.1 Å². The lowest BCUT2D eigenvalue weighted by atomic mass is 9.92. The van der Waals surface area contributed by atoms with Gasteiger partial charge in [-0.25, -0.2) is 0 Å². The smallest absolute Gasteiger partial charge is 0.00181 e. The Labute approximate surface area is 64.2 Å². The van der Waals surface area contributed by atoms with Crippen LogP contribution in [0.2, 0.25) is 0 Å². The maximum absolute atomic E-state index is 3.48. The summed E-state index contributed by atoms with van der Waals surface area (Å²) in [6.45, 7) is 7.15. The predicted molar refractivity (Wildman–Crippen MR) is 45.0 cm³/mol. The van der Waals surface area contributed by atoms with E-state index in [1.54, 1.807) is 0 Å². The molecule has 60 valence electrons. The Morgan fingerprint density at radius 2 is 2.10 bits per heavy atom. The zero-order valence-electron chi connectivity index (χ0n) is 7.19. The van der Waals surface area contributed by atoms with Crippen LogP contribution >= 0.6 is 0 Å². The van der Waals surface area contributed by atoms with Crippen molar-refractivity contribution in [3.05, 3.63) is 0 Å². The van der Waals surface area contributed by atoms with Crippen LogP contribution in [0.15, 0.2) is 0 Å². The van der Waals surface area contributed by atoms with Crippen molar-refractivity contribution in [2.24, 2.45) is 11.8 Å².